The molecule has 0 unspecified atom stereocenters. The molecule has 3 aromatic rings. The monoisotopic (exact) mass is 213 g/mol. The number of benzene rings is 1. The van der Waals surface area contributed by atoms with E-state index >= 15 is 0 Å². The van der Waals surface area contributed by atoms with Gasteiger partial charge in [0.25, 0.3) is 0 Å². The van der Waals surface area contributed by atoms with Crippen LogP contribution < -0.4 is 5.32 Å². The van der Waals surface area contributed by atoms with Crippen molar-refractivity contribution in [3.8, 4) is 0 Å². The third-order valence-corrected chi connectivity index (χ3v) is 2.51. The first-order valence-corrected chi connectivity index (χ1v) is 5.08. The predicted octanol–water partition coefficient (Wildman–Crippen LogP) is 1.90. The van der Waals surface area contributed by atoms with Crippen LogP contribution in [0, 0.1) is 0 Å². The molecule has 0 atom stereocenters. The first-order chi connectivity index (χ1) is 7.93. The van der Waals surface area contributed by atoms with E-state index in [1.54, 1.807) is 6.20 Å². The SMILES string of the molecule is c1cc(NCc2ccn[nH]2)c2cn[nH]c2c1. The van der Waals surface area contributed by atoms with Gasteiger partial charge in [-0.2, -0.15) is 10.2 Å². The summed E-state index contributed by atoms with van der Waals surface area (Å²) in [6.07, 6.45) is 3.57. The highest BCUT2D eigenvalue weighted by atomic mass is 15.1. The summed E-state index contributed by atoms with van der Waals surface area (Å²) in [7, 11) is 0. The van der Waals surface area contributed by atoms with Crippen molar-refractivity contribution >= 4 is 16.6 Å². The largest absolute Gasteiger partial charge is 0.379 e. The van der Waals surface area contributed by atoms with Crippen LogP contribution in [0.1, 0.15) is 5.69 Å². The molecule has 0 aliphatic rings. The number of aromatic nitrogens is 4. The van der Waals surface area contributed by atoms with Crippen LogP contribution in [0.2, 0.25) is 0 Å². The first kappa shape index (κ1) is 8.96. The van der Waals surface area contributed by atoms with E-state index < -0.39 is 0 Å². The number of rotatable bonds is 3. The van der Waals surface area contributed by atoms with E-state index in [2.05, 4.69) is 25.7 Å². The highest BCUT2D eigenvalue weighted by Gasteiger charge is 2.01. The van der Waals surface area contributed by atoms with Crippen molar-refractivity contribution < 1.29 is 0 Å². The molecule has 0 radical (unpaired) electrons. The van der Waals surface area contributed by atoms with Crippen molar-refractivity contribution in [2.45, 2.75) is 6.54 Å². The molecule has 0 fully saturated rings. The smallest absolute Gasteiger partial charge is 0.0671 e. The van der Waals surface area contributed by atoms with Crippen molar-refractivity contribution in [1.29, 1.82) is 0 Å². The van der Waals surface area contributed by atoms with E-state index in [-0.39, 0.29) is 0 Å². The number of anilines is 1. The van der Waals surface area contributed by atoms with E-state index in [0.717, 1.165) is 28.8 Å². The number of nitrogens with one attached hydrogen (secondary N) is 3. The Bertz CT molecular complexity index is 581. The maximum Gasteiger partial charge on any atom is 0.0671 e. The van der Waals surface area contributed by atoms with Gasteiger partial charge < -0.3 is 5.32 Å². The number of fused-ring (bicyclic) bond motifs is 1. The van der Waals surface area contributed by atoms with Gasteiger partial charge in [0.05, 0.1) is 24.0 Å². The van der Waals surface area contributed by atoms with E-state index in [1.807, 2.05) is 30.5 Å². The molecule has 5 nitrogen and oxygen atoms in total. The molecule has 80 valence electrons. The second kappa shape index (κ2) is 3.69. The second-order valence-electron chi connectivity index (χ2n) is 3.57. The highest BCUT2D eigenvalue weighted by Crippen LogP contribution is 2.21. The fourth-order valence-corrected chi connectivity index (χ4v) is 1.70. The van der Waals surface area contributed by atoms with Gasteiger partial charge in [0, 0.05) is 17.3 Å². The summed E-state index contributed by atoms with van der Waals surface area (Å²) in [6.45, 7) is 0.726. The lowest BCUT2D eigenvalue weighted by Gasteiger charge is -2.05. The number of aromatic amines is 2. The first-order valence-electron chi connectivity index (χ1n) is 5.08. The Kier molecular flexibility index (Phi) is 2.07. The molecule has 0 spiro atoms. The average Bonchev–Trinajstić information content (AvgIpc) is 2.97. The standard InChI is InChI=1S/C11H11N5/c1-2-10(9-7-14-16-11(9)3-1)12-6-8-4-5-13-15-8/h1-5,7,12H,6H2,(H,13,15)(H,14,16). The predicted molar refractivity (Wildman–Crippen MR) is 62.0 cm³/mol. The van der Waals surface area contributed by atoms with E-state index in [4.69, 9.17) is 0 Å². The highest BCUT2D eigenvalue weighted by molar-refractivity contribution is 5.90. The zero-order valence-electron chi connectivity index (χ0n) is 8.57. The molecule has 2 aromatic heterocycles. The minimum Gasteiger partial charge on any atom is -0.379 e. The van der Waals surface area contributed by atoms with Crippen molar-refractivity contribution in [1.82, 2.24) is 20.4 Å². The summed E-state index contributed by atoms with van der Waals surface area (Å²) >= 11 is 0. The maximum absolute atomic E-state index is 4.02. The third-order valence-electron chi connectivity index (χ3n) is 2.51. The fourth-order valence-electron chi connectivity index (χ4n) is 1.70. The quantitative estimate of drug-likeness (QED) is 0.622. The van der Waals surface area contributed by atoms with Crippen LogP contribution in [0.25, 0.3) is 10.9 Å². The van der Waals surface area contributed by atoms with Gasteiger partial charge in [-0.1, -0.05) is 6.07 Å². The zero-order valence-corrected chi connectivity index (χ0v) is 8.57. The molecule has 2 heterocycles. The van der Waals surface area contributed by atoms with Crippen LogP contribution in [0.5, 0.6) is 0 Å². The van der Waals surface area contributed by atoms with Gasteiger partial charge in [0.2, 0.25) is 0 Å². The molecule has 0 aliphatic carbocycles. The molecule has 5 heteroatoms. The minimum atomic E-state index is 0.726. The van der Waals surface area contributed by atoms with Gasteiger partial charge >= 0.3 is 0 Å². The maximum atomic E-state index is 4.02. The summed E-state index contributed by atoms with van der Waals surface area (Å²) in [5.74, 6) is 0. The van der Waals surface area contributed by atoms with E-state index in [9.17, 15) is 0 Å². The van der Waals surface area contributed by atoms with Crippen LogP contribution in [0.3, 0.4) is 0 Å². The lowest BCUT2D eigenvalue weighted by molar-refractivity contribution is 0.983. The van der Waals surface area contributed by atoms with Crippen LogP contribution >= 0.6 is 0 Å². The van der Waals surface area contributed by atoms with Crippen LogP contribution in [-0.4, -0.2) is 20.4 Å². The van der Waals surface area contributed by atoms with E-state index in [1.165, 1.54) is 0 Å². The number of H-pyrrole nitrogens is 2. The van der Waals surface area contributed by atoms with Gasteiger partial charge in [-0.05, 0) is 18.2 Å². The molecule has 0 bridgehead atoms. The second-order valence-corrected chi connectivity index (χ2v) is 3.57. The van der Waals surface area contributed by atoms with E-state index in [0.29, 0.717) is 0 Å². The minimum absolute atomic E-state index is 0.726. The molecular weight excluding hydrogens is 202 g/mol. The Hall–Kier alpha value is -2.30. The molecule has 3 rings (SSSR count). The van der Waals surface area contributed by atoms with Crippen molar-refractivity contribution in [2.24, 2.45) is 0 Å². The molecule has 0 saturated carbocycles. The topological polar surface area (TPSA) is 69.4 Å². The summed E-state index contributed by atoms with van der Waals surface area (Å²) in [5, 5.41) is 18.2. The van der Waals surface area contributed by atoms with Crippen molar-refractivity contribution in [3.63, 3.8) is 0 Å². The number of nitrogens with zero attached hydrogens (tertiary/aromatic N) is 2. The van der Waals surface area contributed by atoms with Gasteiger partial charge in [0.15, 0.2) is 0 Å². The van der Waals surface area contributed by atoms with Gasteiger partial charge in [-0.3, -0.25) is 10.2 Å². The molecule has 16 heavy (non-hydrogen) atoms. The molecule has 0 aliphatic heterocycles. The molecule has 0 saturated heterocycles. The fraction of sp³-hybridized carbons (Fsp3) is 0.0909. The molecular formula is C11H11N5. The van der Waals surface area contributed by atoms with Gasteiger partial charge in [0.1, 0.15) is 0 Å². The summed E-state index contributed by atoms with van der Waals surface area (Å²) in [6, 6.07) is 7.98. The Morgan fingerprint density at radius 3 is 3.00 bits per heavy atom. The molecule has 0 amide bonds. The summed E-state index contributed by atoms with van der Waals surface area (Å²) < 4.78 is 0. The summed E-state index contributed by atoms with van der Waals surface area (Å²) in [5.41, 5.74) is 3.16. The Labute approximate surface area is 91.9 Å². The lowest BCUT2D eigenvalue weighted by Crippen LogP contribution is -1.99. The Balaban J connectivity index is 1.86. The molecule has 1 aromatic carbocycles. The van der Waals surface area contributed by atoms with Crippen LogP contribution in [0.4, 0.5) is 5.69 Å². The lowest BCUT2D eigenvalue weighted by atomic mass is 10.2. The summed E-state index contributed by atoms with van der Waals surface area (Å²) in [4.78, 5) is 0. The number of hydrogen-bond donors (Lipinski definition) is 3. The zero-order chi connectivity index (χ0) is 10.8. The Morgan fingerprint density at radius 1 is 1.12 bits per heavy atom. The average molecular weight is 213 g/mol. The van der Waals surface area contributed by atoms with Crippen LogP contribution in [-0.2, 0) is 6.54 Å². The normalized spacial score (nSPS) is 10.8. The molecule has 3 N–H and O–H groups in total. The van der Waals surface area contributed by atoms with Crippen molar-refractivity contribution in [3.05, 3.63) is 42.4 Å². The third kappa shape index (κ3) is 1.52. The van der Waals surface area contributed by atoms with Gasteiger partial charge in [-0.25, -0.2) is 0 Å². The van der Waals surface area contributed by atoms with Gasteiger partial charge in [-0.15, -0.1) is 0 Å². The Morgan fingerprint density at radius 2 is 2.12 bits per heavy atom. The van der Waals surface area contributed by atoms with Crippen LogP contribution in [0.15, 0.2) is 36.7 Å². The number of hydrogen-bond acceptors (Lipinski definition) is 3. The van der Waals surface area contributed by atoms with Crippen molar-refractivity contribution in [2.75, 3.05) is 5.32 Å².